The minimum Gasteiger partial charge on any atom is -0.508 e. The first-order valence-corrected chi connectivity index (χ1v) is 7.15. The van der Waals surface area contributed by atoms with Crippen LogP contribution in [-0.4, -0.2) is 16.5 Å². The van der Waals surface area contributed by atoms with Crippen LogP contribution in [0.3, 0.4) is 0 Å². The molecule has 1 fully saturated rings. The number of ketones is 1. The Morgan fingerprint density at radius 1 is 1.16 bits per heavy atom. The molecule has 1 aromatic carbocycles. The molecule has 3 nitrogen and oxygen atoms in total. The average Bonchev–Trinajstić information content (AvgIpc) is 2.53. The molecule has 1 heterocycles. The number of phenolic OH excluding ortho intramolecular Hbond substituents is 1. The number of hydrogen-bond donors (Lipinski definition) is 1. The second kappa shape index (κ2) is 4.55. The molecule has 0 unspecified atom stereocenters. The summed E-state index contributed by atoms with van der Waals surface area (Å²) < 4.78 is 6.19. The average molecular weight is 260 g/mol. The van der Waals surface area contributed by atoms with Gasteiger partial charge in [-0.1, -0.05) is 12.8 Å². The van der Waals surface area contributed by atoms with E-state index in [4.69, 9.17) is 4.74 Å². The molecule has 0 bridgehead atoms. The summed E-state index contributed by atoms with van der Waals surface area (Å²) in [5, 5.41) is 9.71. The lowest BCUT2D eigenvalue weighted by atomic mass is 9.83. The van der Waals surface area contributed by atoms with Crippen LogP contribution in [0.25, 0.3) is 0 Å². The highest BCUT2D eigenvalue weighted by Gasteiger charge is 2.41. The first-order valence-electron chi connectivity index (χ1n) is 7.15. The number of Topliss-reactive ketones (excluding diaryl/α,β-unsaturated/α-hetero) is 1. The monoisotopic (exact) mass is 260 g/mol. The van der Waals surface area contributed by atoms with Crippen LogP contribution in [0.2, 0.25) is 0 Å². The van der Waals surface area contributed by atoms with Crippen LogP contribution in [0.5, 0.6) is 11.5 Å². The van der Waals surface area contributed by atoms with Gasteiger partial charge in [-0.15, -0.1) is 0 Å². The van der Waals surface area contributed by atoms with E-state index in [9.17, 15) is 9.90 Å². The summed E-state index contributed by atoms with van der Waals surface area (Å²) >= 11 is 0. The Morgan fingerprint density at radius 2 is 1.84 bits per heavy atom. The van der Waals surface area contributed by atoms with Crippen molar-refractivity contribution in [2.75, 3.05) is 0 Å². The van der Waals surface area contributed by atoms with E-state index in [1.165, 1.54) is 12.8 Å². The molecule has 1 spiro atoms. The lowest BCUT2D eigenvalue weighted by Crippen LogP contribution is -2.41. The summed E-state index contributed by atoms with van der Waals surface area (Å²) in [4.78, 5) is 12.4. The number of carbonyl (C=O) groups excluding carboxylic acids is 1. The number of hydrogen-bond acceptors (Lipinski definition) is 3. The normalized spacial score (nSPS) is 21.6. The van der Waals surface area contributed by atoms with Gasteiger partial charge in [-0.2, -0.15) is 0 Å². The summed E-state index contributed by atoms with van der Waals surface area (Å²) in [7, 11) is 0. The van der Waals surface area contributed by atoms with Crippen LogP contribution in [0.1, 0.15) is 60.9 Å². The SMILES string of the molecule is Cc1cc(O)cc2c1C(=O)CC1(CCCCCC1)O2. The van der Waals surface area contributed by atoms with Crippen LogP contribution < -0.4 is 4.74 Å². The summed E-state index contributed by atoms with van der Waals surface area (Å²) in [5.74, 6) is 0.922. The van der Waals surface area contributed by atoms with Gasteiger partial charge in [0.2, 0.25) is 0 Å². The largest absolute Gasteiger partial charge is 0.508 e. The first kappa shape index (κ1) is 12.5. The minimum atomic E-state index is -0.319. The molecule has 1 N–H and O–H groups in total. The van der Waals surface area contributed by atoms with Gasteiger partial charge in [0.25, 0.3) is 0 Å². The van der Waals surface area contributed by atoms with Gasteiger partial charge in [0.05, 0.1) is 12.0 Å². The summed E-state index contributed by atoms with van der Waals surface area (Å²) in [6.45, 7) is 1.85. The number of phenols is 1. The summed E-state index contributed by atoms with van der Waals surface area (Å²) in [5.41, 5.74) is 1.15. The second-order valence-corrected chi connectivity index (χ2v) is 5.94. The van der Waals surface area contributed by atoms with Crippen LogP contribution in [0, 0.1) is 6.92 Å². The Kier molecular flexibility index (Phi) is 3.00. The number of aryl methyl sites for hydroxylation is 1. The van der Waals surface area contributed by atoms with Crippen molar-refractivity contribution < 1.29 is 14.6 Å². The third kappa shape index (κ3) is 2.22. The quantitative estimate of drug-likeness (QED) is 0.772. The highest BCUT2D eigenvalue weighted by molar-refractivity contribution is 6.01. The Bertz CT molecular complexity index is 511. The zero-order chi connectivity index (χ0) is 13.5. The van der Waals surface area contributed by atoms with E-state index in [2.05, 4.69) is 0 Å². The molecule has 0 atom stereocenters. The zero-order valence-corrected chi connectivity index (χ0v) is 11.4. The van der Waals surface area contributed by atoms with Crippen molar-refractivity contribution in [1.82, 2.24) is 0 Å². The van der Waals surface area contributed by atoms with Crippen molar-refractivity contribution in [2.24, 2.45) is 0 Å². The van der Waals surface area contributed by atoms with Crippen LogP contribution in [-0.2, 0) is 0 Å². The van der Waals surface area contributed by atoms with Gasteiger partial charge in [-0.3, -0.25) is 4.79 Å². The van der Waals surface area contributed by atoms with Crippen molar-refractivity contribution in [1.29, 1.82) is 0 Å². The summed E-state index contributed by atoms with van der Waals surface area (Å²) in [6, 6.07) is 3.22. The fraction of sp³-hybridized carbons (Fsp3) is 0.562. The van der Waals surface area contributed by atoms with E-state index < -0.39 is 0 Å². The van der Waals surface area contributed by atoms with Gasteiger partial charge in [-0.25, -0.2) is 0 Å². The van der Waals surface area contributed by atoms with Gasteiger partial charge in [0, 0.05) is 6.07 Å². The van der Waals surface area contributed by atoms with Crippen molar-refractivity contribution in [3.05, 3.63) is 23.3 Å². The predicted octanol–water partition coefficient (Wildman–Crippen LogP) is 3.76. The van der Waals surface area contributed by atoms with E-state index in [0.29, 0.717) is 17.7 Å². The standard InChI is InChI=1S/C16H20O3/c1-11-8-12(17)9-14-15(11)13(18)10-16(19-14)6-4-2-3-5-7-16/h8-9,17H,2-7,10H2,1H3. The maximum Gasteiger partial charge on any atom is 0.170 e. The van der Waals surface area contributed by atoms with E-state index in [1.54, 1.807) is 12.1 Å². The predicted molar refractivity (Wildman–Crippen MR) is 72.9 cm³/mol. The molecule has 0 saturated heterocycles. The van der Waals surface area contributed by atoms with Gasteiger partial charge in [0.1, 0.15) is 17.1 Å². The van der Waals surface area contributed by atoms with Gasteiger partial charge in [-0.05, 0) is 44.2 Å². The molecule has 0 aromatic heterocycles. The van der Waals surface area contributed by atoms with Crippen molar-refractivity contribution >= 4 is 5.78 Å². The van der Waals surface area contributed by atoms with E-state index >= 15 is 0 Å². The third-order valence-electron chi connectivity index (χ3n) is 4.39. The molecule has 0 amide bonds. The number of carbonyl (C=O) groups is 1. The second-order valence-electron chi connectivity index (χ2n) is 5.94. The highest BCUT2D eigenvalue weighted by Crippen LogP contribution is 2.43. The van der Waals surface area contributed by atoms with Crippen LogP contribution in [0.15, 0.2) is 12.1 Å². The van der Waals surface area contributed by atoms with Crippen molar-refractivity contribution in [2.45, 2.75) is 57.5 Å². The smallest absolute Gasteiger partial charge is 0.170 e. The molecule has 1 aromatic rings. The maximum atomic E-state index is 12.4. The van der Waals surface area contributed by atoms with Gasteiger partial charge < -0.3 is 9.84 Å². The number of aromatic hydroxyl groups is 1. The molecule has 0 radical (unpaired) electrons. The topological polar surface area (TPSA) is 46.5 Å². The molecule has 3 heteroatoms. The Balaban J connectivity index is 2.01. The molecule has 19 heavy (non-hydrogen) atoms. The van der Waals surface area contributed by atoms with Crippen molar-refractivity contribution in [3.8, 4) is 11.5 Å². The van der Waals surface area contributed by atoms with Gasteiger partial charge in [0.15, 0.2) is 5.78 Å². The Labute approximate surface area is 113 Å². The van der Waals surface area contributed by atoms with E-state index in [-0.39, 0.29) is 17.1 Å². The number of ether oxygens (including phenoxy) is 1. The lowest BCUT2D eigenvalue weighted by molar-refractivity contribution is 0.0295. The van der Waals surface area contributed by atoms with Crippen LogP contribution >= 0.6 is 0 Å². The van der Waals surface area contributed by atoms with Crippen molar-refractivity contribution in [3.63, 3.8) is 0 Å². The lowest BCUT2D eigenvalue weighted by Gasteiger charge is -2.38. The molecule has 1 saturated carbocycles. The zero-order valence-electron chi connectivity index (χ0n) is 11.4. The molecule has 3 rings (SSSR count). The number of fused-ring (bicyclic) bond motifs is 1. The Hall–Kier alpha value is -1.51. The molecular formula is C16H20O3. The molecule has 1 aliphatic carbocycles. The third-order valence-corrected chi connectivity index (χ3v) is 4.39. The first-order chi connectivity index (χ1) is 9.10. The minimum absolute atomic E-state index is 0.167. The Morgan fingerprint density at radius 3 is 2.53 bits per heavy atom. The number of benzene rings is 1. The fourth-order valence-electron chi connectivity index (χ4n) is 3.48. The van der Waals surface area contributed by atoms with Crippen LogP contribution in [0.4, 0.5) is 0 Å². The number of rotatable bonds is 0. The molecule has 1 aliphatic heterocycles. The van der Waals surface area contributed by atoms with Gasteiger partial charge >= 0.3 is 0 Å². The van der Waals surface area contributed by atoms with E-state index in [0.717, 1.165) is 31.2 Å². The fourth-order valence-corrected chi connectivity index (χ4v) is 3.48. The highest BCUT2D eigenvalue weighted by atomic mass is 16.5. The molecule has 102 valence electrons. The molecular weight excluding hydrogens is 240 g/mol. The van der Waals surface area contributed by atoms with E-state index in [1.807, 2.05) is 6.92 Å². The summed E-state index contributed by atoms with van der Waals surface area (Å²) in [6.07, 6.45) is 7.10. The maximum absolute atomic E-state index is 12.4. The molecule has 2 aliphatic rings.